The Morgan fingerprint density at radius 1 is 1.42 bits per heavy atom. The molecule has 0 unspecified atom stereocenters. The van der Waals surface area contributed by atoms with E-state index in [4.69, 9.17) is 17.3 Å². The highest BCUT2D eigenvalue weighted by Crippen LogP contribution is 2.37. The minimum atomic E-state index is 0.493. The van der Waals surface area contributed by atoms with Gasteiger partial charge in [-0.1, -0.05) is 35.5 Å². The molecule has 1 aromatic carbocycles. The summed E-state index contributed by atoms with van der Waals surface area (Å²) in [6, 6.07) is 6.43. The summed E-state index contributed by atoms with van der Waals surface area (Å²) < 4.78 is 1.91. The van der Waals surface area contributed by atoms with Crippen LogP contribution in [-0.2, 0) is 12.3 Å². The molecular weight excluding hydrogens is 282 g/mol. The summed E-state index contributed by atoms with van der Waals surface area (Å²) in [4.78, 5) is 0. The number of nitrogens with two attached hydrogens (primary N) is 1. The average Bonchev–Trinajstić information content (AvgIpc) is 3.16. The molecule has 1 aliphatic rings. The third-order valence-corrected chi connectivity index (χ3v) is 4.40. The predicted octanol–water partition coefficient (Wildman–Crippen LogP) is 2.41. The fraction of sp³-hybridized carbons (Fsp3) is 0.417. The van der Waals surface area contributed by atoms with E-state index in [0.29, 0.717) is 12.6 Å². The van der Waals surface area contributed by atoms with Crippen molar-refractivity contribution in [2.24, 2.45) is 5.73 Å². The van der Waals surface area contributed by atoms with E-state index in [9.17, 15) is 0 Å². The maximum absolute atomic E-state index is 6.24. The van der Waals surface area contributed by atoms with Gasteiger partial charge in [-0.2, -0.15) is 0 Å². The molecule has 0 saturated heterocycles. The molecule has 7 heteroatoms. The van der Waals surface area contributed by atoms with Crippen molar-refractivity contribution in [3.05, 3.63) is 34.3 Å². The number of hydrogen-bond donors (Lipinski definition) is 1. The van der Waals surface area contributed by atoms with Crippen LogP contribution in [-0.4, -0.2) is 20.2 Å². The zero-order valence-corrected chi connectivity index (χ0v) is 11.9. The molecule has 2 aromatic rings. The Balaban J connectivity index is 1.70. The maximum atomic E-state index is 6.24. The van der Waals surface area contributed by atoms with Crippen LogP contribution in [0.1, 0.15) is 30.0 Å². The van der Waals surface area contributed by atoms with Crippen molar-refractivity contribution in [2.45, 2.75) is 36.3 Å². The summed E-state index contributed by atoms with van der Waals surface area (Å²) in [6.45, 7) is 0.507. The summed E-state index contributed by atoms with van der Waals surface area (Å²) in [5.74, 6) is 0.761. The number of tetrazole rings is 1. The van der Waals surface area contributed by atoms with Crippen LogP contribution in [0.2, 0.25) is 5.02 Å². The lowest BCUT2D eigenvalue weighted by molar-refractivity contribution is 0.565. The lowest BCUT2D eigenvalue weighted by Gasteiger charge is -2.06. The molecule has 0 spiro atoms. The van der Waals surface area contributed by atoms with Gasteiger partial charge in [0.05, 0.1) is 6.04 Å². The second-order valence-electron chi connectivity index (χ2n) is 4.56. The van der Waals surface area contributed by atoms with Gasteiger partial charge in [0.1, 0.15) is 0 Å². The fourth-order valence-electron chi connectivity index (χ4n) is 1.81. The van der Waals surface area contributed by atoms with Crippen LogP contribution in [0.4, 0.5) is 0 Å². The Bertz CT molecular complexity index is 581. The molecule has 0 atom stereocenters. The number of hydrogen-bond acceptors (Lipinski definition) is 5. The average molecular weight is 296 g/mol. The van der Waals surface area contributed by atoms with E-state index in [1.165, 1.54) is 12.8 Å². The van der Waals surface area contributed by atoms with Gasteiger partial charge in [0, 0.05) is 17.3 Å². The summed E-state index contributed by atoms with van der Waals surface area (Å²) in [5, 5.41) is 13.4. The van der Waals surface area contributed by atoms with E-state index in [1.807, 2.05) is 22.9 Å². The zero-order valence-electron chi connectivity index (χ0n) is 10.3. The number of rotatable bonds is 5. The van der Waals surface area contributed by atoms with Gasteiger partial charge in [-0.25, -0.2) is 4.68 Å². The van der Waals surface area contributed by atoms with Gasteiger partial charge in [-0.3, -0.25) is 0 Å². The van der Waals surface area contributed by atoms with Crippen molar-refractivity contribution in [3.63, 3.8) is 0 Å². The molecule has 0 aliphatic heterocycles. The SMILES string of the molecule is NCc1ccc(CSc2nnnn2C2CC2)c(Cl)c1. The van der Waals surface area contributed by atoms with E-state index in [0.717, 1.165) is 27.1 Å². The second kappa shape index (κ2) is 5.48. The van der Waals surface area contributed by atoms with E-state index < -0.39 is 0 Å². The normalized spacial score (nSPS) is 14.8. The molecule has 2 N–H and O–H groups in total. The second-order valence-corrected chi connectivity index (χ2v) is 5.91. The van der Waals surface area contributed by atoms with Crippen LogP contribution in [0.25, 0.3) is 0 Å². The molecule has 100 valence electrons. The number of thioether (sulfide) groups is 1. The molecule has 19 heavy (non-hydrogen) atoms. The Morgan fingerprint density at radius 3 is 2.95 bits per heavy atom. The molecular formula is C12H14ClN5S. The van der Waals surface area contributed by atoms with Gasteiger partial charge in [0.2, 0.25) is 5.16 Å². The van der Waals surface area contributed by atoms with Gasteiger partial charge in [0.25, 0.3) is 0 Å². The lowest BCUT2D eigenvalue weighted by atomic mass is 10.1. The van der Waals surface area contributed by atoms with Gasteiger partial charge < -0.3 is 5.73 Å². The summed E-state index contributed by atoms with van der Waals surface area (Å²) in [6.07, 6.45) is 2.34. The lowest BCUT2D eigenvalue weighted by Crippen LogP contribution is -1.99. The first-order valence-corrected chi connectivity index (χ1v) is 7.52. The maximum Gasteiger partial charge on any atom is 0.209 e. The summed E-state index contributed by atoms with van der Waals surface area (Å²) in [5.41, 5.74) is 7.71. The van der Waals surface area contributed by atoms with Crippen LogP contribution in [0, 0.1) is 0 Å². The molecule has 1 fully saturated rings. The Kier molecular flexibility index (Phi) is 3.72. The molecule has 0 amide bonds. The highest BCUT2D eigenvalue weighted by atomic mass is 35.5. The Labute approximate surface area is 120 Å². The first-order chi connectivity index (χ1) is 9.28. The van der Waals surface area contributed by atoms with Crippen LogP contribution in [0.5, 0.6) is 0 Å². The largest absolute Gasteiger partial charge is 0.326 e. The van der Waals surface area contributed by atoms with Gasteiger partial charge >= 0.3 is 0 Å². The van der Waals surface area contributed by atoms with Gasteiger partial charge in [-0.15, -0.1) is 5.10 Å². The third-order valence-electron chi connectivity index (χ3n) is 3.07. The molecule has 1 saturated carbocycles. The van der Waals surface area contributed by atoms with Crippen molar-refractivity contribution in [1.29, 1.82) is 0 Å². The minimum Gasteiger partial charge on any atom is -0.326 e. The number of halogens is 1. The highest BCUT2D eigenvalue weighted by molar-refractivity contribution is 7.98. The number of benzene rings is 1. The van der Waals surface area contributed by atoms with Gasteiger partial charge in [-0.05, 0) is 40.5 Å². The first kappa shape index (κ1) is 12.9. The van der Waals surface area contributed by atoms with Gasteiger partial charge in [0.15, 0.2) is 0 Å². The van der Waals surface area contributed by atoms with Crippen LogP contribution in [0.3, 0.4) is 0 Å². The minimum absolute atomic E-state index is 0.493. The standard InChI is InChI=1S/C12H14ClN5S/c13-11-5-8(6-14)1-2-9(11)7-19-12-15-16-17-18(12)10-3-4-10/h1-2,5,10H,3-4,6-7,14H2. The molecule has 0 radical (unpaired) electrons. The molecule has 0 bridgehead atoms. The molecule has 1 heterocycles. The monoisotopic (exact) mass is 295 g/mol. The molecule has 1 aromatic heterocycles. The Hall–Kier alpha value is -1.11. The van der Waals surface area contributed by atoms with E-state index >= 15 is 0 Å². The fourth-order valence-corrected chi connectivity index (χ4v) is 3.10. The zero-order chi connectivity index (χ0) is 13.2. The Morgan fingerprint density at radius 2 is 2.26 bits per heavy atom. The quantitative estimate of drug-likeness (QED) is 0.858. The first-order valence-electron chi connectivity index (χ1n) is 6.16. The van der Waals surface area contributed by atoms with E-state index in [2.05, 4.69) is 15.5 Å². The van der Waals surface area contributed by atoms with Crippen LogP contribution < -0.4 is 5.73 Å². The smallest absolute Gasteiger partial charge is 0.209 e. The van der Waals surface area contributed by atoms with Crippen LogP contribution in [0.15, 0.2) is 23.4 Å². The third kappa shape index (κ3) is 2.91. The summed E-state index contributed by atoms with van der Waals surface area (Å²) >= 11 is 7.85. The van der Waals surface area contributed by atoms with Crippen molar-refractivity contribution in [2.75, 3.05) is 0 Å². The van der Waals surface area contributed by atoms with E-state index in [1.54, 1.807) is 11.8 Å². The van der Waals surface area contributed by atoms with Crippen molar-refractivity contribution in [1.82, 2.24) is 20.2 Å². The van der Waals surface area contributed by atoms with Crippen molar-refractivity contribution < 1.29 is 0 Å². The predicted molar refractivity (Wildman–Crippen MR) is 75.0 cm³/mol. The molecule has 1 aliphatic carbocycles. The number of aromatic nitrogens is 4. The van der Waals surface area contributed by atoms with E-state index in [-0.39, 0.29) is 0 Å². The number of nitrogens with zero attached hydrogens (tertiary/aromatic N) is 4. The highest BCUT2D eigenvalue weighted by Gasteiger charge is 2.27. The van der Waals surface area contributed by atoms with Crippen LogP contribution >= 0.6 is 23.4 Å². The summed E-state index contributed by atoms with van der Waals surface area (Å²) in [7, 11) is 0. The molecule has 5 nitrogen and oxygen atoms in total. The topological polar surface area (TPSA) is 69.6 Å². The van der Waals surface area contributed by atoms with Crippen molar-refractivity contribution in [3.8, 4) is 0 Å². The van der Waals surface area contributed by atoms with Crippen molar-refractivity contribution >= 4 is 23.4 Å². The molecule has 3 rings (SSSR count).